The molecule has 1 heteroatoms. The predicted molar refractivity (Wildman–Crippen MR) is 80.1 cm³/mol. The minimum atomic E-state index is 1.02. The molecule has 3 saturated carbocycles. The molecule has 0 aromatic rings. The fraction of sp³-hybridized carbons (Fsp3) is 1.00. The Labute approximate surface area is 119 Å². The zero-order valence-corrected chi connectivity index (χ0v) is 12.7. The van der Waals surface area contributed by atoms with Gasteiger partial charge in [0.1, 0.15) is 0 Å². The van der Waals surface area contributed by atoms with Crippen molar-refractivity contribution in [2.75, 3.05) is 6.54 Å². The third-order valence-corrected chi connectivity index (χ3v) is 7.07. The molecule has 19 heavy (non-hydrogen) atoms. The van der Waals surface area contributed by atoms with E-state index in [0.29, 0.717) is 0 Å². The summed E-state index contributed by atoms with van der Waals surface area (Å²) in [5, 5.41) is 0. The highest BCUT2D eigenvalue weighted by Crippen LogP contribution is 2.63. The number of nitrogens with zero attached hydrogens (tertiary/aromatic N) is 1. The summed E-state index contributed by atoms with van der Waals surface area (Å²) in [7, 11) is 0. The van der Waals surface area contributed by atoms with Crippen LogP contribution in [0.4, 0.5) is 0 Å². The van der Waals surface area contributed by atoms with Crippen molar-refractivity contribution in [2.45, 2.75) is 83.2 Å². The Hall–Kier alpha value is -0.0400. The van der Waals surface area contributed by atoms with Gasteiger partial charge in [-0.25, -0.2) is 0 Å². The van der Waals surface area contributed by atoms with Crippen LogP contribution in [0.15, 0.2) is 0 Å². The molecular weight excluding hydrogens is 230 g/mol. The normalized spacial score (nSPS) is 47.2. The molecule has 4 fully saturated rings. The van der Waals surface area contributed by atoms with Gasteiger partial charge in [-0.1, -0.05) is 32.6 Å². The van der Waals surface area contributed by atoms with Gasteiger partial charge in [0, 0.05) is 12.1 Å². The Morgan fingerprint density at radius 1 is 0.789 bits per heavy atom. The van der Waals surface area contributed by atoms with E-state index in [1.165, 1.54) is 38.6 Å². The first-order valence-electron chi connectivity index (χ1n) is 9.16. The molecule has 0 N–H and O–H groups in total. The molecule has 4 rings (SSSR count). The quantitative estimate of drug-likeness (QED) is 0.638. The van der Waals surface area contributed by atoms with E-state index < -0.39 is 0 Å². The Morgan fingerprint density at radius 3 is 2.05 bits per heavy atom. The molecular formula is C18H31N. The van der Waals surface area contributed by atoms with Crippen molar-refractivity contribution in [3.63, 3.8) is 0 Å². The van der Waals surface area contributed by atoms with Crippen molar-refractivity contribution in [3.05, 3.63) is 0 Å². The molecule has 3 aliphatic carbocycles. The van der Waals surface area contributed by atoms with Gasteiger partial charge in [-0.2, -0.15) is 0 Å². The minimum Gasteiger partial charge on any atom is -0.297 e. The summed E-state index contributed by atoms with van der Waals surface area (Å²) < 4.78 is 0. The number of hydrogen-bond acceptors (Lipinski definition) is 1. The third-order valence-electron chi connectivity index (χ3n) is 7.07. The summed E-state index contributed by atoms with van der Waals surface area (Å²) >= 11 is 0. The lowest BCUT2D eigenvalue weighted by atomic mass is 9.90. The second-order valence-electron chi connectivity index (χ2n) is 7.85. The zero-order valence-electron chi connectivity index (χ0n) is 12.7. The molecule has 6 atom stereocenters. The molecule has 6 unspecified atom stereocenters. The second-order valence-corrected chi connectivity index (χ2v) is 7.85. The fourth-order valence-corrected chi connectivity index (χ4v) is 6.50. The average molecular weight is 261 g/mol. The molecule has 1 nitrogen and oxygen atoms in total. The van der Waals surface area contributed by atoms with Crippen molar-refractivity contribution in [1.29, 1.82) is 0 Å². The topological polar surface area (TPSA) is 3.24 Å². The largest absolute Gasteiger partial charge is 0.297 e. The highest BCUT2D eigenvalue weighted by molar-refractivity contribution is 5.14. The van der Waals surface area contributed by atoms with Crippen molar-refractivity contribution in [1.82, 2.24) is 4.90 Å². The summed E-state index contributed by atoms with van der Waals surface area (Å²) in [6, 6.07) is 2.05. The number of unbranched alkanes of at least 4 members (excludes halogenated alkanes) is 4. The Morgan fingerprint density at radius 2 is 1.42 bits per heavy atom. The fourth-order valence-electron chi connectivity index (χ4n) is 6.50. The summed E-state index contributed by atoms with van der Waals surface area (Å²) in [5.41, 5.74) is 0. The van der Waals surface area contributed by atoms with Gasteiger partial charge in [0.05, 0.1) is 0 Å². The number of likely N-dealkylation sites (tertiary alicyclic amines) is 1. The predicted octanol–water partition coefficient (Wildman–Crippen LogP) is 4.47. The van der Waals surface area contributed by atoms with Crippen molar-refractivity contribution < 1.29 is 0 Å². The smallest absolute Gasteiger partial charge is 0.0133 e. The Balaban J connectivity index is 1.37. The minimum absolute atomic E-state index is 1.02. The van der Waals surface area contributed by atoms with E-state index in [1.54, 1.807) is 32.1 Å². The lowest BCUT2D eigenvalue weighted by Crippen LogP contribution is -2.37. The van der Waals surface area contributed by atoms with E-state index in [4.69, 9.17) is 0 Å². The maximum atomic E-state index is 3.01. The van der Waals surface area contributed by atoms with Gasteiger partial charge in [0.15, 0.2) is 0 Å². The van der Waals surface area contributed by atoms with E-state index in [2.05, 4.69) is 11.8 Å². The molecule has 108 valence electrons. The molecule has 0 bridgehead atoms. The van der Waals surface area contributed by atoms with Crippen LogP contribution in [0.25, 0.3) is 0 Å². The van der Waals surface area contributed by atoms with Crippen LogP contribution in [0.3, 0.4) is 0 Å². The maximum Gasteiger partial charge on any atom is 0.0133 e. The van der Waals surface area contributed by atoms with E-state index in [9.17, 15) is 0 Å². The second kappa shape index (κ2) is 5.06. The molecule has 0 aromatic carbocycles. The van der Waals surface area contributed by atoms with Crippen molar-refractivity contribution in [3.8, 4) is 0 Å². The summed E-state index contributed by atoms with van der Waals surface area (Å²) in [4.78, 5) is 3.01. The molecule has 0 spiro atoms. The number of rotatable bonds is 6. The summed E-state index contributed by atoms with van der Waals surface area (Å²) in [6.07, 6.45) is 15.1. The molecule has 0 radical (unpaired) electrons. The van der Waals surface area contributed by atoms with E-state index >= 15 is 0 Å². The highest BCUT2D eigenvalue weighted by Gasteiger charge is 2.62. The van der Waals surface area contributed by atoms with Gasteiger partial charge in [-0.15, -0.1) is 0 Å². The number of hydrogen-bond donors (Lipinski definition) is 0. The Bertz CT molecular complexity index is 302. The van der Waals surface area contributed by atoms with Crippen LogP contribution in [0.1, 0.15) is 71.1 Å². The van der Waals surface area contributed by atoms with Crippen LogP contribution in [0, 0.1) is 23.7 Å². The van der Waals surface area contributed by atoms with Crippen LogP contribution < -0.4 is 0 Å². The maximum absolute atomic E-state index is 3.01. The lowest BCUT2D eigenvalue weighted by molar-refractivity contribution is 0.175. The van der Waals surface area contributed by atoms with Gasteiger partial charge in [0.25, 0.3) is 0 Å². The van der Waals surface area contributed by atoms with Gasteiger partial charge in [-0.05, 0) is 68.7 Å². The van der Waals surface area contributed by atoms with Gasteiger partial charge in [-0.3, -0.25) is 4.90 Å². The SMILES string of the molecule is CCCCCCCN1C2CCC3CC4CCC1C4C32. The first kappa shape index (κ1) is 12.7. The van der Waals surface area contributed by atoms with Crippen LogP contribution in [0.5, 0.6) is 0 Å². The molecule has 1 heterocycles. The first-order valence-corrected chi connectivity index (χ1v) is 9.16. The molecule has 1 aliphatic heterocycles. The zero-order chi connectivity index (χ0) is 12.8. The molecule has 0 amide bonds. The monoisotopic (exact) mass is 261 g/mol. The summed E-state index contributed by atoms with van der Waals surface area (Å²) in [5.74, 6) is 4.59. The van der Waals surface area contributed by atoms with Gasteiger partial charge in [0.2, 0.25) is 0 Å². The van der Waals surface area contributed by atoms with Gasteiger partial charge < -0.3 is 0 Å². The Kier molecular flexibility index (Phi) is 3.38. The average Bonchev–Trinajstić information content (AvgIpc) is 3.10. The van der Waals surface area contributed by atoms with Crippen molar-refractivity contribution in [2.24, 2.45) is 23.7 Å². The summed E-state index contributed by atoms with van der Waals surface area (Å²) in [6.45, 7) is 3.75. The lowest BCUT2D eigenvalue weighted by Gasteiger charge is -2.29. The van der Waals surface area contributed by atoms with E-state index in [-0.39, 0.29) is 0 Å². The van der Waals surface area contributed by atoms with Crippen LogP contribution in [0.2, 0.25) is 0 Å². The molecule has 0 aromatic heterocycles. The first-order chi connectivity index (χ1) is 9.40. The molecule has 4 aliphatic rings. The van der Waals surface area contributed by atoms with E-state index in [0.717, 1.165) is 35.8 Å². The third kappa shape index (κ3) is 1.91. The molecule has 1 saturated heterocycles. The standard InChI is InChI=1S/C18H31N/c1-2-3-4-5-6-11-19-15-9-7-13-12-14-8-10-16(19)18(14)17(13)15/h13-18H,2-12H2,1H3. The van der Waals surface area contributed by atoms with Gasteiger partial charge >= 0.3 is 0 Å². The highest BCUT2D eigenvalue weighted by atomic mass is 15.2. The van der Waals surface area contributed by atoms with Crippen LogP contribution >= 0.6 is 0 Å². The van der Waals surface area contributed by atoms with Crippen LogP contribution in [-0.4, -0.2) is 23.5 Å². The van der Waals surface area contributed by atoms with Crippen molar-refractivity contribution >= 4 is 0 Å². The van der Waals surface area contributed by atoms with E-state index in [1.807, 2.05) is 0 Å². The van der Waals surface area contributed by atoms with Crippen LogP contribution in [-0.2, 0) is 0 Å².